The van der Waals surface area contributed by atoms with Crippen molar-refractivity contribution in [2.45, 2.75) is 32.6 Å². The normalized spacial score (nSPS) is 14.3. The zero-order valence-corrected chi connectivity index (χ0v) is 18.1. The molecule has 5 nitrogen and oxygen atoms in total. The fourth-order valence-corrected chi connectivity index (χ4v) is 3.15. The van der Waals surface area contributed by atoms with E-state index in [9.17, 15) is 4.79 Å². The van der Waals surface area contributed by atoms with Crippen LogP contribution in [0.25, 0.3) is 0 Å². The van der Waals surface area contributed by atoms with Crippen molar-refractivity contribution in [2.75, 3.05) is 23.3 Å². The quantitative estimate of drug-likeness (QED) is 0.386. The molecule has 1 unspecified atom stereocenters. The van der Waals surface area contributed by atoms with Gasteiger partial charge in [-0.05, 0) is 48.1 Å². The second-order valence-electron chi connectivity index (χ2n) is 6.68. The van der Waals surface area contributed by atoms with Crippen LogP contribution in [0.5, 0.6) is 0 Å². The summed E-state index contributed by atoms with van der Waals surface area (Å²) < 4.78 is 0. The molecular weight excluding hydrogens is 451 g/mol. The molecule has 0 bridgehead atoms. The number of para-hydroxylation sites is 1. The van der Waals surface area contributed by atoms with Crippen LogP contribution in [-0.2, 0) is 11.2 Å². The first kappa shape index (κ1) is 21.2. The summed E-state index contributed by atoms with van der Waals surface area (Å²) in [4.78, 5) is 18.4. The Morgan fingerprint density at radius 1 is 1.22 bits per heavy atom. The molecule has 0 spiro atoms. The van der Waals surface area contributed by atoms with Gasteiger partial charge in [-0.15, -0.1) is 24.0 Å². The van der Waals surface area contributed by atoms with Crippen LogP contribution in [0.1, 0.15) is 37.3 Å². The summed E-state index contributed by atoms with van der Waals surface area (Å²) in [5.74, 6) is 0.755. The molecule has 0 aliphatic carbocycles. The number of fused-ring (bicyclic) bond motifs is 1. The van der Waals surface area contributed by atoms with Crippen molar-refractivity contribution in [3.05, 3.63) is 59.7 Å². The van der Waals surface area contributed by atoms with Crippen molar-refractivity contribution in [2.24, 2.45) is 10.7 Å². The van der Waals surface area contributed by atoms with Crippen molar-refractivity contribution >= 4 is 47.2 Å². The van der Waals surface area contributed by atoms with Crippen LogP contribution < -0.4 is 16.0 Å². The minimum absolute atomic E-state index is 0. The van der Waals surface area contributed by atoms with Gasteiger partial charge < -0.3 is 16.0 Å². The second kappa shape index (κ2) is 9.73. The van der Waals surface area contributed by atoms with Crippen LogP contribution in [0.2, 0.25) is 0 Å². The van der Waals surface area contributed by atoms with E-state index < -0.39 is 0 Å². The van der Waals surface area contributed by atoms with Gasteiger partial charge in [0.05, 0.1) is 0 Å². The topological polar surface area (TPSA) is 70.7 Å². The third-order valence-corrected chi connectivity index (χ3v) is 4.94. The monoisotopic (exact) mass is 478 g/mol. The number of nitrogens with one attached hydrogen (secondary N) is 1. The van der Waals surface area contributed by atoms with Crippen LogP contribution in [0, 0.1) is 0 Å². The highest BCUT2D eigenvalue weighted by atomic mass is 127. The average Bonchev–Trinajstić information content (AvgIpc) is 3.10. The third kappa shape index (κ3) is 5.22. The van der Waals surface area contributed by atoms with Crippen LogP contribution in [0.3, 0.4) is 0 Å². The van der Waals surface area contributed by atoms with E-state index in [1.807, 2.05) is 30.3 Å². The number of anilines is 2. The van der Waals surface area contributed by atoms with E-state index in [0.29, 0.717) is 12.5 Å². The van der Waals surface area contributed by atoms with Gasteiger partial charge >= 0.3 is 0 Å². The molecule has 1 aliphatic rings. The molecule has 6 heteroatoms. The van der Waals surface area contributed by atoms with Crippen LogP contribution in [0.4, 0.5) is 11.4 Å². The smallest absolute Gasteiger partial charge is 0.248 e. The van der Waals surface area contributed by atoms with Gasteiger partial charge in [0.15, 0.2) is 5.96 Å². The Hall–Kier alpha value is -2.09. The molecule has 1 aliphatic heterocycles. The van der Waals surface area contributed by atoms with Crippen molar-refractivity contribution < 1.29 is 4.79 Å². The van der Waals surface area contributed by atoms with E-state index in [2.05, 4.69) is 42.4 Å². The minimum atomic E-state index is -0.0354. The van der Waals surface area contributed by atoms with Gasteiger partial charge in [-0.3, -0.25) is 4.79 Å². The molecule has 0 fully saturated rings. The molecule has 2 aromatic rings. The van der Waals surface area contributed by atoms with Crippen molar-refractivity contribution in [1.82, 2.24) is 0 Å². The molecule has 0 saturated carbocycles. The van der Waals surface area contributed by atoms with E-state index in [0.717, 1.165) is 24.2 Å². The second-order valence-corrected chi connectivity index (χ2v) is 6.68. The molecule has 0 aromatic heterocycles. The van der Waals surface area contributed by atoms with Gasteiger partial charge in [-0.2, -0.15) is 0 Å². The summed E-state index contributed by atoms with van der Waals surface area (Å²) in [6.45, 7) is 5.13. The van der Waals surface area contributed by atoms with E-state index >= 15 is 0 Å². The summed E-state index contributed by atoms with van der Waals surface area (Å²) in [6, 6.07) is 16.2. The number of hydrogen-bond acceptors (Lipinski definition) is 2. The molecule has 27 heavy (non-hydrogen) atoms. The standard InChI is InChI=1S/C21H26N4O.HI/c1-3-15(2)16-8-10-18(11-9-16)24-21(22)23-14-20(26)25-13-12-17-6-4-5-7-19(17)25;/h4-11,15H,3,12-14H2,1-2H3,(H3,22,23,24);1H. The highest BCUT2D eigenvalue weighted by molar-refractivity contribution is 14.0. The number of hydrogen-bond donors (Lipinski definition) is 2. The lowest BCUT2D eigenvalue weighted by molar-refractivity contribution is -0.117. The molecule has 0 radical (unpaired) electrons. The molecule has 3 N–H and O–H groups in total. The predicted molar refractivity (Wildman–Crippen MR) is 123 cm³/mol. The maximum absolute atomic E-state index is 12.5. The van der Waals surface area contributed by atoms with E-state index in [-0.39, 0.29) is 42.4 Å². The molecule has 144 valence electrons. The molecule has 1 atom stereocenters. The predicted octanol–water partition coefficient (Wildman–Crippen LogP) is 4.13. The number of guanidine groups is 1. The van der Waals surface area contributed by atoms with E-state index in [4.69, 9.17) is 5.73 Å². The minimum Gasteiger partial charge on any atom is -0.370 e. The first-order chi connectivity index (χ1) is 12.6. The summed E-state index contributed by atoms with van der Waals surface area (Å²) in [5.41, 5.74) is 10.3. The number of nitrogens with two attached hydrogens (primary N) is 1. The molecule has 1 heterocycles. The van der Waals surface area contributed by atoms with Gasteiger partial charge in [0.25, 0.3) is 0 Å². The Morgan fingerprint density at radius 3 is 2.63 bits per heavy atom. The number of benzene rings is 2. The lowest BCUT2D eigenvalue weighted by Crippen LogP contribution is -2.32. The number of carbonyl (C=O) groups excluding carboxylic acids is 1. The Labute approximate surface area is 178 Å². The fraction of sp³-hybridized carbons (Fsp3) is 0.333. The first-order valence-corrected chi connectivity index (χ1v) is 9.13. The summed E-state index contributed by atoms with van der Waals surface area (Å²) in [5, 5.41) is 3.05. The Morgan fingerprint density at radius 2 is 1.93 bits per heavy atom. The highest BCUT2D eigenvalue weighted by Crippen LogP contribution is 2.27. The van der Waals surface area contributed by atoms with E-state index in [1.54, 1.807) is 4.90 Å². The average molecular weight is 478 g/mol. The van der Waals surface area contributed by atoms with Crippen LogP contribution >= 0.6 is 24.0 Å². The SMILES string of the molecule is CCC(C)c1ccc(NC(N)=NCC(=O)N2CCc3ccccc32)cc1.I. The molecular formula is C21H27IN4O. The summed E-state index contributed by atoms with van der Waals surface area (Å²) in [6.07, 6.45) is 2.00. The zero-order valence-electron chi connectivity index (χ0n) is 15.8. The lowest BCUT2D eigenvalue weighted by atomic mass is 9.99. The summed E-state index contributed by atoms with van der Waals surface area (Å²) in [7, 11) is 0. The lowest BCUT2D eigenvalue weighted by Gasteiger charge is -2.16. The Kier molecular flexibility index (Phi) is 7.65. The van der Waals surface area contributed by atoms with Crippen molar-refractivity contribution in [3.63, 3.8) is 0 Å². The maximum atomic E-state index is 12.5. The highest BCUT2D eigenvalue weighted by Gasteiger charge is 2.23. The van der Waals surface area contributed by atoms with Crippen molar-refractivity contribution in [3.8, 4) is 0 Å². The summed E-state index contributed by atoms with van der Waals surface area (Å²) >= 11 is 0. The van der Waals surface area contributed by atoms with Gasteiger partial charge in [0, 0.05) is 17.9 Å². The maximum Gasteiger partial charge on any atom is 0.248 e. The first-order valence-electron chi connectivity index (χ1n) is 9.13. The molecule has 0 saturated heterocycles. The molecule has 1 amide bonds. The Balaban J connectivity index is 0.00000261. The number of aliphatic imine (C=N–C) groups is 1. The Bertz CT molecular complexity index is 804. The zero-order chi connectivity index (χ0) is 18.5. The number of amides is 1. The number of halogens is 1. The van der Waals surface area contributed by atoms with E-state index in [1.165, 1.54) is 11.1 Å². The van der Waals surface area contributed by atoms with Gasteiger partial charge in [0.2, 0.25) is 5.91 Å². The van der Waals surface area contributed by atoms with Crippen molar-refractivity contribution in [1.29, 1.82) is 0 Å². The number of rotatable bonds is 5. The van der Waals surface area contributed by atoms with Crippen LogP contribution in [0.15, 0.2) is 53.5 Å². The van der Waals surface area contributed by atoms with Gasteiger partial charge in [-0.1, -0.05) is 44.2 Å². The van der Waals surface area contributed by atoms with Gasteiger partial charge in [0.1, 0.15) is 6.54 Å². The number of carbonyl (C=O) groups is 1. The van der Waals surface area contributed by atoms with Crippen LogP contribution in [-0.4, -0.2) is 25.0 Å². The third-order valence-electron chi connectivity index (χ3n) is 4.94. The fourth-order valence-electron chi connectivity index (χ4n) is 3.15. The molecule has 3 rings (SSSR count). The largest absolute Gasteiger partial charge is 0.370 e. The molecule has 2 aromatic carbocycles. The van der Waals surface area contributed by atoms with Gasteiger partial charge in [-0.25, -0.2) is 4.99 Å². The number of nitrogens with zero attached hydrogens (tertiary/aromatic N) is 2.